The molecule has 13 heteroatoms. The van der Waals surface area contributed by atoms with E-state index in [0.717, 1.165) is 25.0 Å². The van der Waals surface area contributed by atoms with Crippen LogP contribution >= 0.6 is 7.82 Å². The van der Waals surface area contributed by atoms with Crippen LogP contribution in [0, 0.1) is 17.1 Å². The van der Waals surface area contributed by atoms with E-state index in [1.807, 2.05) is 25.1 Å². The molecule has 1 aliphatic heterocycles. The van der Waals surface area contributed by atoms with Crippen LogP contribution in [0.2, 0.25) is 0 Å². The molecule has 0 amide bonds. The standard InChI is InChI=1S/C40H61FN5O6P/c1-3-4-5-6-7-8-9-10-11-12-13-14-15-16-17-18-19-35(49-28-33-24-32(27-42)25-34(41)26-33)29-50-53(47,48)51-30-40(2)23-22-38(52-40)36-20-21-37-39(43)44-31-45-46(36)37/h20-21,24-26,31,35,38H,3-19,22-23,28-30H2,1-2H3,(H,47,48)(H2,43,44,45)/t35-,38-,40+/m1/s1. The van der Waals surface area contributed by atoms with Gasteiger partial charge >= 0.3 is 7.82 Å². The molecule has 0 spiro atoms. The van der Waals surface area contributed by atoms with Gasteiger partial charge in [0.25, 0.3) is 0 Å². The van der Waals surface area contributed by atoms with Gasteiger partial charge in [0, 0.05) is 0 Å². The van der Waals surface area contributed by atoms with E-state index < -0.39 is 25.3 Å². The second kappa shape index (κ2) is 22.5. The van der Waals surface area contributed by atoms with E-state index in [2.05, 4.69) is 17.0 Å². The Labute approximate surface area is 315 Å². The maximum Gasteiger partial charge on any atom is 0.472 e. The van der Waals surface area contributed by atoms with E-state index in [4.69, 9.17) is 24.3 Å². The number of hydrogen-bond donors (Lipinski definition) is 2. The lowest BCUT2D eigenvalue weighted by Crippen LogP contribution is -2.30. The largest absolute Gasteiger partial charge is 0.472 e. The van der Waals surface area contributed by atoms with Crippen LogP contribution < -0.4 is 5.73 Å². The Bertz CT molecular complexity index is 1620. The number of anilines is 1. The van der Waals surface area contributed by atoms with Crippen LogP contribution in [-0.4, -0.2) is 44.4 Å². The first-order valence-corrected chi connectivity index (χ1v) is 21.3. The van der Waals surface area contributed by atoms with E-state index >= 15 is 0 Å². The molecule has 3 aromatic rings. The predicted octanol–water partition coefficient (Wildman–Crippen LogP) is 10.3. The van der Waals surface area contributed by atoms with E-state index in [1.165, 1.54) is 102 Å². The summed E-state index contributed by atoms with van der Waals surface area (Å²) in [6.45, 7) is 3.81. The highest BCUT2D eigenvalue weighted by atomic mass is 31.2. The molecule has 1 aliphatic rings. The number of phosphoric ester groups is 1. The first kappa shape index (κ1) is 42.8. The molecule has 53 heavy (non-hydrogen) atoms. The Balaban J connectivity index is 1.17. The van der Waals surface area contributed by atoms with Gasteiger partial charge < -0.3 is 20.1 Å². The zero-order valence-corrected chi connectivity index (χ0v) is 32.7. The molecule has 4 rings (SSSR count). The topological polar surface area (TPSA) is 154 Å². The summed E-state index contributed by atoms with van der Waals surface area (Å²) in [6, 6.07) is 9.75. The summed E-state index contributed by atoms with van der Waals surface area (Å²) in [5.74, 6) is -0.150. The highest BCUT2D eigenvalue weighted by Gasteiger charge is 2.40. The van der Waals surface area contributed by atoms with Crippen molar-refractivity contribution in [2.45, 2.75) is 160 Å². The smallest absolute Gasteiger partial charge is 0.382 e. The minimum Gasteiger partial charge on any atom is -0.382 e. The zero-order chi connectivity index (χ0) is 37.9. The monoisotopic (exact) mass is 757 g/mol. The van der Waals surface area contributed by atoms with Gasteiger partial charge in [0.1, 0.15) is 23.8 Å². The van der Waals surface area contributed by atoms with Crippen molar-refractivity contribution in [2.24, 2.45) is 0 Å². The normalized spacial score (nSPS) is 19.0. The van der Waals surface area contributed by atoms with Crippen LogP contribution in [0.5, 0.6) is 0 Å². The van der Waals surface area contributed by atoms with Gasteiger partial charge in [-0.15, -0.1) is 0 Å². The number of nitrogens with two attached hydrogens (primary N) is 1. The fourth-order valence-corrected chi connectivity index (χ4v) is 7.87. The number of rotatable bonds is 27. The molecule has 1 saturated heterocycles. The minimum atomic E-state index is -4.46. The number of halogens is 1. The quantitative estimate of drug-likeness (QED) is 0.0567. The van der Waals surface area contributed by atoms with Crippen molar-refractivity contribution < 1.29 is 32.4 Å². The molecular weight excluding hydrogens is 696 g/mol. The molecule has 1 unspecified atom stereocenters. The van der Waals surface area contributed by atoms with Gasteiger partial charge in [-0.2, -0.15) is 10.4 Å². The highest BCUT2D eigenvalue weighted by molar-refractivity contribution is 7.47. The molecule has 0 aliphatic carbocycles. The Hall–Kier alpha value is -2.91. The summed E-state index contributed by atoms with van der Waals surface area (Å²) < 4.78 is 52.1. The first-order valence-electron chi connectivity index (χ1n) is 19.8. The highest BCUT2D eigenvalue weighted by Crippen LogP contribution is 2.47. The number of benzene rings is 1. The summed E-state index contributed by atoms with van der Waals surface area (Å²) in [7, 11) is -4.46. The van der Waals surface area contributed by atoms with Crippen molar-refractivity contribution in [3.05, 3.63) is 59.3 Å². The van der Waals surface area contributed by atoms with Crippen molar-refractivity contribution >= 4 is 19.2 Å². The van der Waals surface area contributed by atoms with E-state index in [0.29, 0.717) is 36.2 Å². The number of nitrogens with zero attached hydrogens (tertiary/aromatic N) is 4. The van der Waals surface area contributed by atoms with Crippen LogP contribution in [0.3, 0.4) is 0 Å². The molecule has 0 bridgehead atoms. The van der Waals surface area contributed by atoms with Gasteiger partial charge in [-0.05, 0) is 62.1 Å². The third-order valence-electron chi connectivity index (χ3n) is 10.1. The zero-order valence-electron chi connectivity index (χ0n) is 31.9. The maximum atomic E-state index is 14.1. The molecule has 4 atom stereocenters. The maximum absolute atomic E-state index is 14.1. The number of hydrogen-bond acceptors (Lipinski definition) is 9. The van der Waals surface area contributed by atoms with E-state index in [9.17, 15) is 19.1 Å². The lowest BCUT2D eigenvalue weighted by molar-refractivity contribution is -0.0663. The Morgan fingerprint density at radius 3 is 2.30 bits per heavy atom. The number of fused-ring (bicyclic) bond motifs is 1. The fourth-order valence-electron chi connectivity index (χ4n) is 7.01. The van der Waals surface area contributed by atoms with Crippen LogP contribution in [0.1, 0.15) is 159 Å². The van der Waals surface area contributed by atoms with Gasteiger partial charge in [0.15, 0.2) is 5.82 Å². The summed E-state index contributed by atoms with van der Waals surface area (Å²) in [5.41, 5.74) is 7.36. The molecule has 1 aromatic carbocycles. The summed E-state index contributed by atoms with van der Waals surface area (Å²) >= 11 is 0. The average Bonchev–Trinajstić information content (AvgIpc) is 3.76. The van der Waals surface area contributed by atoms with Gasteiger partial charge in [-0.3, -0.25) is 9.05 Å². The lowest BCUT2D eigenvalue weighted by atomic mass is 10.0. The molecular formula is C40H61FN5O6P. The molecule has 3 heterocycles. The van der Waals surface area contributed by atoms with Gasteiger partial charge in [-0.1, -0.05) is 110 Å². The third kappa shape index (κ3) is 15.0. The molecule has 294 valence electrons. The molecule has 0 radical (unpaired) electrons. The second-order valence-corrected chi connectivity index (χ2v) is 16.3. The molecule has 3 N–H and O–H groups in total. The van der Waals surface area contributed by atoms with Crippen LogP contribution in [0.25, 0.3) is 5.52 Å². The molecule has 0 saturated carbocycles. The van der Waals surface area contributed by atoms with Gasteiger partial charge in [-0.25, -0.2) is 18.5 Å². The van der Waals surface area contributed by atoms with Crippen molar-refractivity contribution in [3.8, 4) is 6.07 Å². The fraction of sp³-hybridized carbons (Fsp3) is 0.675. The first-order chi connectivity index (χ1) is 25.6. The van der Waals surface area contributed by atoms with Crippen LogP contribution in [0.15, 0.2) is 36.7 Å². The van der Waals surface area contributed by atoms with Gasteiger partial charge in [0.2, 0.25) is 0 Å². The second-order valence-electron chi connectivity index (χ2n) is 14.8. The number of nitriles is 1. The number of ether oxygens (including phenoxy) is 2. The van der Waals surface area contributed by atoms with Gasteiger partial charge in [0.05, 0.1) is 48.9 Å². The lowest BCUT2D eigenvalue weighted by Gasteiger charge is -2.26. The molecule has 11 nitrogen and oxygen atoms in total. The average molecular weight is 758 g/mol. The SMILES string of the molecule is CCCCCCCCCCCCCCCCCC[C@H](COP(=O)(O)OC[C@]1(C)CC[C@H](c2ccc3c(N)ncnn23)O1)OCc1cc(F)cc(C#N)c1. The van der Waals surface area contributed by atoms with Crippen molar-refractivity contribution in [1.82, 2.24) is 14.6 Å². The Morgan fingerprint density at radius 1 is 1.02 bits per heavy atom. The van der Waals surface area contributed by atoms with Crippen molar-refractivity contribution in [1.29, 1.82) is 5.26 Å². The third-order valence-corrected chi connectivity index (χ3v) is 11.0. The minimum absolute atomic E-state index is 0.0359. The molecule has 1 fully saturated rings. The number of nitrogen functional groups attached to an aromatic ring is 1. The summed E-state index contributed by atoms with van der Waals surface area (Å²) in [6.07, 6.45) is 22.6. The Morgan fingerprint density at radius 2 is 1.66 bits per heavy atom. The van der Waals surface area contributed by atoms with Crippen molar-refractivity contribution in [3.63, 3.8) is 0 Å². The van der Waals surface area contributed by atoms with Crippen molar-refractivity contribution in [2.75, 3.05) is 18.9 Å². The predicted molar refractivity (Wildman–Crippen MR) is 204 cm³/mol. The van der Waals surface area contributed by atoms with Crippen LogP contribution in [-0.2, 0) is 29.7 Å². The van der Waals surface area contributed by atoms with E-state index in [-0.39, 0.29) is 31.5 Å². The summed E-state index contributed by atoms with van der Waals surface area (Å²) in [5, 5.41) is 13.5. The number of unbranched alkanes of at least 4 members (excludes halogenated alkanes) is 15. The van der Waals surface area contributed by atoms with Crippen LogP contribution in [0.4, 0.5) is 10.2 Å². The number of aromatic nitrogens is 3. The number of phosphoric acid groups is 1. The molecule has 2 aromatic heterocycles. The van der Waals surface area contributed by atoms with E-state index in [1.54, 1.807) is 10.6 Å². The Kier molecular flexibility index (Phi) is 18.2. The summed E-state index contributed by atoms with van der Waals surface area (Å²) in [4.78, 5) is 14.7.